The van der Waals surface area contributed by atoms with Gasteiger partial charge in [0.25, 0.3) is 0 Å². The summed E-state index contributed by atoms with van der Waals surface area (Å²) in [6.45, 7) is 9.12. The second-order valence-electron chi connectivity index (χ2n) is 6.93. The van der Waals surface area contributed by atoms with E-state index in [1.54, 1.807) is 0 Å². The average Bonchev–Trinajstić information content (AvgIpc) is 2.67. The normalized spacial score (nSPS) is 18.9. The van der Waals surface area contributed by atoms with Gasteiger partial charge in [-0.2, -0.15) is 5.10 Å². The van der Waals surface area contributed by atoms with E-state index in [0.29, 0.717) is 0 Å². The number of aromatic nitrogens is 2. The van der Waals surface area contributed by atoms with Gasteiger partial charge in [0, 0.05) is 5.39 Å². The van der Waals surface area contributed by atoms with Crippen molar-refractivity contribution in [2.45, 2.75) is 57.9 Å². The summed E-state index contributed by atoms with van der Waals surface area (Å²) < 4.78 is 2.25. The van der Waals surface area contributed by atoms with Gasteiger partial charge in [0.1, 0.15) is 0 Å². The Balaban J connectivity index is 2.17. The molecule has 0 radical (unpaired) electrons. The van der Waals surface area contributed by atoms with E-state index < -0.39 is 0 Å². The lowest BCUT2D eigenvalue weighted by Crippen LogP contribution is -2.38. The minimum absolute atomic E-state index is 0.198. The van der Waals surface area contributed by atoms with E-state index in [4.69, 9.17) is 0 Å². The maximum atomic E-state index is 4.63. The second-order valence-corrected chi connectivity index (χ2v) is 6.93. The smallest absolute Gasteiger partial charge is 0.0691 e. The Morgan fingerprint density at radius 3 is 2.50 bits per heavy atom. The lowest BCUT2D eigenvalue weighted by atomic mass is 9.78. The molecule has 2 aromatic rings. The van der Waals surface area contributed by atoms with Crippen LogP contribution in [0.2, 0.25) is 0 Å². The van der Waals surface area contributed by atoms with Gasteiger partial charge >= 0.3 is 0 Å². The molecule has 1 aromatic heterocycles. The largest absolute Gasteiger partial charge is 0.259 e. The Hall–Kier alpha value is -1.31. The predicted octanol–water partition coefficient (Wildman–Crippen LogP) is 4.23. The van der Waals surface area contributed by atoms with Crippen molar-refractivity contribution in [2.24, 2.45) is 0 Å². The molecule has 0 spiro atoms. The minimum Gasteiger partial charge on any atom is -0.259 e. The number of hydrogen-bond acceptors (Lipinski definition) is 1. The molecule has 0 aliphatic heterocycles. The fourth-order valence-corrected chi connectivity index (χ4v) is 2.82. The lowest BCUT2D eigenvalue weighted by molar-refractivity contribution is 0.156. The summed E-state index contributed by atoms with van der Waals surface area (Å²) in [5, 5.41) is 5.89. The molecule has 96 valence electrons. The molecule has 0 amide bonds. The maximum absolute atomic E-state index is 4.63. The monoisotopic (exact) mass is 242 g/mol. The first-order valence-electron chi connectivity index (χ1n) is 6.89. The van der Waals surface area contributed by atoms with Crippen molar-refractivity contribution in [1.29, 1.82) is 0 Å². The molecule has 0 atom stereocenters. The molecular weight excluding hydrogens is 220 g/mol. The Morgan fingerprint density at radius 1 is 1.22 bits per heavy atom. The first kappa shape index (κ1) is 11.8. The molecule has 1 aliphatic rings. The van der Waals surface area contributed by atoms with Gasteiger partial charge in [-0.1, -0.05) is 32.9 Å². The summed E-state index contributed by atoms with van der Waals surface area (Å²) in [5.74, 6) is 0. The van der Waals surface area contributed by atoms with E-state index >= 15 is 0 Å². The molecule has 1 saturated carbocycles. The first-order valence-corrected chi connectivity index (χ1v) is 6.89. The fourth-order valence-electron chi connectivity index (χ4n) is 2.82. The van der Waals surface area contributed by atoms with Gasteiger partial charge in [0.2, 0.25) is 0 Å². The first-order chi connectivity index (χ1) is 8.40. The molecule has 1 aliphatic carbocycles. The summed E-state index contributed by atoms with van der Waals surface area (Å²) >= 11 is 0. The fraction of sp³-hybridized carbons (Fsp3) is 0.562. The molecule has 1 aromatic carbocycles. The molecule has 18 heavy (non-hydrogen) atoms. The Labute approximate surface area is 109 Å². The SMILES string of the molecule is CC(C)(C)c1ccc2cnn(C3(C)CCC3)c2c1. The average molecular weight is 242 g/mol. The Bertz CT molecular complexity index is 583. The highest BCUT2D eigenvalue weighted by atomic mass is 15.3. The zero-order valence-corrected chi connectivity index (χ0v) is 11.8. The standard InChI is InChI=1S/C16H22N2/c1-15(2,3)13-7-6-12-11-17-18(14(12)10-13)16(4)8-5-9-16/h6-7,10-11H,5,8-9H2,1-4H3. The van der Waals surface area contributed by atoms with Gasteiger partial charge in [0.15, 0.2) is 0 Å². The van der Waals surface area contributed by atoms with Crippen molar-refractivity contribution in [3.8, 4) is 0 Å². The van der Waals surface area contributed by atoms with E-state index in [1.807, 2.05) is 6.20 Å². The van der Waals surface area contributed by atoms with Crippen LogP contribution in [-0.2, 0) is 11.0 Å². The van der Waals surface area contributed by atoms with Crippen LogP contribution >= 0.6 is 0 Å². The van der Waals surface area contributed by atoms with Gasteiger partial charge in [-0.3, -0.25) is 4.68 Å². The number of benzene rings is 1. The molecule has 0 unspecified atom stereocenters. The number of fused-ring (bicyclic) bond motifs is 1. The Kier molecular flexibility index (Phi) is 2.35. The third-order valence-electron chi connectivity index (χ3n) is 4.38. The van der Waals surface area contributed by atoms with Gasteiger partial charge < -0.3 is 0 Å². The molecule has 0 saturated heterocycles. The van der Waals surface area contributed by atoms with E-state index in [2.05, 4.69) is 55.7 Å². The van der Waals surface area contributed by atoms with E-state index in [0.717, 1.165) is 0 Å². The molecule has 0 bridgehead atoms. The van der Waals surface area contributed by atoms with Gasteiger partial charge in [0.05, 0.1) is 17.3 Å². The van der Waals surface area contributed by atoms with Crippen LogP contribution in [0, 0.1) is 0 Å². The highest BCUT2D eigenvalue weighted by Crippen LogP contribution is 2.40. The van der Waals surface area contributed by atoms with Crippen LogP contribution in [0.1, 0.15) is 52.5 Å². The van der Waals surface area contributed by atoms with E-state index in [9.17, 15) is 0 Å². The molecular formula is C16H22N2. The molecule has 2 heteroatoms. The summed E-state index contributed by atoms with van der Waals surface area (Å²) in [4.78, 5) is 0. The zero-order valence-electron chi connectivity index (χ0n) is 11.8. The van der Waals surface area contributed by atoms with Crippen LogP contribution < -0.4 is 0 Å². The third-order valence-corrected chi connectivity index (χ3v) is 4.38. The molecule has 2 nitrogen and oxygen atoms in total. The van der Waals surface area contributed by atoms with E-state index in [1.165, 1.54) is 35.7 Å². The highest BCUT2D eigenvalue weighted by Gasteiger charge is 2.35. The van der Waals surface area contributed by atoms with Crippen LogP contribution in [0.4, 0.5) is 0 Å². The highest BCUT2D eigenvalue weighted by molar-refractivity contribution is 5.80. The van der Waals surface area contributed by atoms with Crippen molar-refractivity contribution in [3.63, 3.8) is 0 Å². The van der Waals surface area contributed by atoms with Crippen LogP contribution in [0.15, 0.2) is 24.4 Å². The van der Waals surface area contributed by atoms with Gasteiger partial charge in [-0.15, -0.1) is 0 Å². The van der Waals surface area contributed by atoms with Gasteiger partial charge in [-0.05, 0) is 43.2 Å². The quantitative estimate of drug-likeness (QED) is 0.731. The summed E-state index contributed by atoms with van der Waals surface area (Å²) in [6, 6.07) is 6.77. The summed E-state index contributed by atoms with van der Waals surface area (Å²) in [7, 11) is 0. The lowest BCUT2D eigenvalue weighted by Gasteiger charge is -2.39. The topological polar surface area (TPSA) is 17.8 Å². The van der Waals surface area contributed by atoms with Crippen molar-refractivity contribution < 1.29 is 0 Å². The number of nitrogens with zero attached hydrogens (tertiary/aromatic N) is 2. The van der Waals surface area contributed by atoms with Crippen LogP contribution in [-0.4, -0.2) is 9.78 Å². The zero-order chi connectivity index (χ0) is 13.0. The minimum atomic E-state index is 0.198. The van der Waals surface area contributed by atoms with Crippen LogP contribution in [0.5, 0.6) is 0 Å². The van der Waals surface area contributed by atoms with Crippen LogP contribution in [0.3, 0.4) is 0 Å². The summed E-state index contributed by atoms with van der Waals surface area (Å²) in [5.41, 5.74) is 3.13. The van der Waals surface area contributed by atoms with Crippen molar-refractivity contribution in [2.75, 3.05) is 0 Å². The molecule has 0 N–H and O–H groups in total. The molecule has 3 rings (SSSR count). The third kappa shape index (κ3) is 1.66. The van der Waals surface area contributed by atoms with Crippen molar-refractivity contribution in [3.05, 3.63) is 30.0 Å². The second kappa shape index (κ2) is 3.59. The Morgan fingerprint density at radius 2 is 1.94 bits per heavy atom. The van der Waals surface area contributed by atoms with Crippen molar-refractivity contribution in [1.82, 2.24) is 9.78 Å². The molecule has 1 fully saturated rings. The number of rotatable bonds is 1. The summed E-state index contributed by atoms with van der Waals surface area (Å²) in [6.07, 6.45) is 5.84. The predicted molar refractivity (Wildman–Crippen MR) is 75.9 cm³/mol. The number of hydrogen-bond donors (Lipinski definition) is 0. The molecule has 1 heterocycles. The van der Waals surface area contributed by atoms with Crippen molar-refractivity contribution >= 4 is 10.9 Å². The van der Waals surface area contributed by atoms with Gasteiger partial charge in [-0.25, -0.2) is 0 Å². The maximum Gasteiger partial charge on any atom is 0.0691 e. The van der Waals surface area contributed by atoms with Crippen LogP contribution in [0.25, 0.3) is 10.9 Å². The van der Waals surface area contributed by atoms with E-state index in [-0.39, 0.29) is 11.0 Å².